The maximum absolute atomic E-state index is 13.8. The normalized spacial score (nSPS) is 26.1. The van der Waals surface area contributed by atoms with E-state index in [1.165, 1.54) is 55.5 Å². The van der Waals surface area contributed by atoms with E-state index in [-0.39, 0.29) is 22.3 Å². The van der Waals surface area contributed by atoms with E-state index in [9.17, 15) is 33.9 Å². The first-order valence-electron chi connectivity index (χ1n) is 18.9. The second-order valence-electron chi connectivity index (χ2n) is 13.7. The number of aliphatic hydroxyl groups excluding tert-OH is 1. The van der Waals surface area contributed by atoms with Crippen LogP contribution in [0, 0.1) is 0 Å². The van der Waals surface area contributed by atoms with Gasteiger partial charge in [0.15, 0.2) is 43.1 Å². The number of carbonyl (C=O) groups is 6. The highest BCUT2D eigenvalue weighted by atomic mass is 16.8. The van der Waals surface area contributed by atoms with Gasteiger partial charge in [0, 0.05) is 13.8 Å². The van der Waals surface area contributed by atoms with Crippen molar-refractivity contribution in [1.29, 1.82) is 0 Å². The summed E-state index contributed by atoms with van der Waals surface area (Å²) < 4.78 is 53.1. The van der Waals surface area contributed by atoms with Crippen molar-refractivity contribution in [2.75, 3.05) is 6.61 Å². The summed E-state index contributed by atoms with van der Waals surface area (Å²) in [4.78, 5) is 79.0. The van der Waals surface area contributed by atoms with Crippen LogP contribution in [-0.4, -0.2) is 109 Å². The molecule has 60 heavy (non-hydrogen) atoms. The molecule has 0 aromatic heterocycles. The summed E-state index contributed by atoms with van der Waals surface area (Å²) in [6.45, 7) is 3.01. The summed E-state index contributed by atoms with van der Waals surface area (Å²) in [5.74, 6) is -5.20. The summed E-state index contributed by atoms with van der Waals surface area (Å²) in [6, 6.07) is 31.4. The number of rotatable bonds is 13. The highest BCUT2D eigenvalue weighted by Crippen LogP contribution is 2.35. The van der Waals surface area contributed by atoms with E-state index in [4.69, 9.17) is 42.6 Å². The van der Waals surface area contributed by atoms with Gasteiger partial charge in [-0.2, -0.15) is 0 Å². The Hall–Kier alpha value is -6.46. The van der Waals surface area contributed by atoms with Crippen LogP contribution >= 0.6 is 0 Å². The average molecular weight is 827 g/mol. The van der Waals surface area contributed by atoms with Gasteiger partial charge in [-0.05, 0) is 55.5 Å². The molecule has 4 aromatic carbocycles. The van der Waals surface area contributed by atoms with E-state index in [2.05, 4.69) is 0 Å². The van der Waals surface area contributed by atoms with Crippen LogP contribution in [0.3, 0.4) is 0 Å². The first kappa shape index (κ1) is 43.1. The molecule has 314 valence electrons. The molecule has 0 saturated carbocycles. The maximum Gasteiger partial charge on any atom is 0.338 e. The summed E-state index contributed by atoms with van der Waals surface area (Å²) in [5.41, 5.74) is 0.482. The minimum absolute atomic E-state index is 0.0655. The molecular formula is C44H42O16. The zero-order valence-corrected chi connectivity index (χ0v) is 32.6. The Bertz CT molecular complexity index is 2100. The molecule has 0 bridgehead atoms. The number of carbonyl (C=O) groups excluding carboxylic acids is 6. The van der Waals surface area contributed by atoms with Gasteiger partial charge < -0.3 is 47.7 Å². The lowest BCUT2D eigenvalue weighted by atomic mass is 9.96. The zero-order chi connectivity index (χ0) is 42.8. The molecule has 2 fully saturated rings. The topological polar surface area (TPSA) is 206 Å². The van der Waals surface area contributed by atoms with Gasteiger partial charge in [0.1, 0.15) is 18.8 Å². The molecular weight excluding hydrogens is 784 g/mol. The van der Waals surface area contributed by atoms with Crippen LogP contribution < -0.4 is 0 Å². The molecule has 4 aromatic rings. The van der Waals surface area contributed by atoms with Crippen molar-refractivity contribution in [3.8, 4) is 0 Å². The van der Waals surface area contributed by atoms with Crippen molar-refractivity contribution in [3.63, 3.8) is 0 Å². The fourth-order valence-electron chi connectivity index (χ4n) is 6.61. The fourth-order valence-corrected chi connectivity index (χ4v) is 6.61. The van der Waals surface area contributed by atoms with Crippen LogP contribution in [0.15, 0.2) is 121 Å². The summed E-state index contributed by atoms with van der Waals surface area (Å²) in [6.07, 6.45) is -16.2. The number of hydrogen-bond acceptors (Lipinski definition) is 16. The number of aliphatic hydroxyl groups is 1. The zero-order valence-electron chi connectivity index (χ0n) is 32.6. The van der Waals surface area contributed by atoms with Crippen LogP contribution in [0.1, 0.15) is 62.2 Å². The SMILES string of the molecule is CC(=O)O[C@@H]1[C@@H](OC(=O)c2ccccc2)[C@H](C)O[C@@H](O[C@H]2[C@H](OC(=O)c3ccccc3)[C@H](OC(=O)c3ccccc3)[C@@H](O)O[C@@H]2COC(=O)c2ccccc2)[C@@H]1OC(C)=O. The first-order valence-corrected chi connectivity index (χ1v) is 18.9. The van der Waals surface area contributed by atoms with E-state index in [1.807, 2.05) is 0 Å². The number of ether oxygens (including phenoxy) is 9. The van der Waals surface area contributed by atoms with Crippen molar-refractivity contribution < 1.29 is 76.5 Å². The van der Waals surface area contributed by atoms with Gasteiger partial charge in [-0.15, -0.1) is 0 Å². The summed E-state index contributed by atoms with van der Waals surface area (Å²) in [7, 11) is 0. The van der Waals surface area contributed by atoms with E-state index >= 15 is 0 Å². The standard InChI is InChI=1S/C44H42O16/c1-25-33(57-40(48)29-18-10-5-11-19-29)35(54-26(2)45)38(55-27(3)46)44(53-25)60-34-32(24-52-39(47)28-16-8-4-9-17-28)56-43(51)37(59-42(50)31-22-14-7-15-23-31)36(34)58-41(49)30-20-12-6-13-21-30/h4-23,25,32-38,43-44,51H,24H2,1-3H3/t25-,32+,33-,34+,35+,36-,37-,38+,43-,44-/m0/s1. The Balaban J connectivity index is 1.39. The minimum Gasteiger partial charge on any atom is -0.459 e. The largest absolute Gasteiger partial charge is 0.459 e. The van der Waals surface area contributed by atoms with Crippen molar-refractivity contribution in [3.05, 3.63) is 144 Å². The van der Waals surface area contributed by atoms with Gasteiger partial charge in [-0.25, -0.2) is 19.2 Å². The predicted molar refractivity (Wildman–Crippen MR) is 205 cm³/mol. The smallest absolute Gasteiger partial charge is 0.338 e. The summed E-state index contributed by atoms with van der Waals surface area (Å²) >= 11 is 0. The van der Waals surface area contributed by atoms with E-state index in [1.54, 1.807) is 72.8 Å². The van der Waals surface area contributed by atoms with Crippen molar-refractivity contribution in [2.45, 2.75) is 82.2 Å². The van der Waals surface area contributed by atoms with E-state index < -0.39 is 104 Å². The van der Waals surface area contributed by atoms with Gasteiger partial charge in [0.2, 0.25) is 0 Å². The molecule has 0 radical (unpaired) electrons. The Labute approximate surface area is 344 Å². The predicted octanol–water partition coefficient (Wildman–Crippen LogP) is 4.23. The monoisotopic (exact) mass is 826 g/mol. The fraction of sp³-hybridized carbons (Fsp3) is 0.318. The van der Waals surface area contributed by atoms with Gasteiger partial charge in [0.25, 0.3) is 0 Å². The number of benzene rings is 4. The van der Waals surface area contributed by atoms with Gasteiger partial charge in [0.05, 0.1) is 28.4 Å². The molecule has 2 aliphatic heterocycles. The molecule has 0 aliphatic carbocycles. The Morgan fingerprint density at radius 3 is 1.32 bits per heavy atom. The lowest BCUT2D eigenvalue weighted by Crippen LogP contribution is -2.66. The lowest BCUT2D eigenvalue weighted by Gasteiger charge is -2.48. The first-order chi connectivity index (χ1) is 28.9. The quantitative estimate of drug-likeness (QED) is 0.148. The Kier molecular flexibility index (Phi) is 14.4. The molecule has 0 spiro atoms. The van der Waals surface area contributed by atoms with Crippen molar-refractivity contribution in [2.24, 2.45) is 0 Å². The van der Waals surface area contributed by atoms with Gasteiger partial charge >= 0.3 is 35.8 Å². The molecule has 16 nitrogen and oxygen atoms in total. The van der Waals surface area contributed by atoms with Crippen LogP contribution in [0.5, 0.6) is 0 Å². The second-order valence-corrected chi connectivity index (χ2v) is 13.7. The second kappa shape index (κ2) is 20.0. The maximum atomic E-state index is 13.8. The third-order valence-electron chi connectivity index (χ3n) is 9.38. The average Bonchev–Trinajstić information content (AvgIpc) is 3.25. The lowest BCUT2D eigenvalue weighted by molar-refractivity contribution is -0.351. The molecule has 2 aliphatic rings. The summed E-state index contributed by atoms with van der Waals surface area (Å²) in [5, 5.41) is 11.5. The van der Waals surface area contributed by atoms with E-state index in [0.717, 1.165) is 13.8 Å². The number of esters is 6. The number of hydrogen-bond donors (Lipinski definition) is 1. The third kappa shape index (κ3) is 10.8. The molecule has 1 N–H and O–H groups in total. The molecule has 0 amide bonds. The van der Waals surface area contributed by atoms with Crippen LogP contribution in [0.25, 0.3) is 0 Å². The Morgan fingerprint density at radius 2 is 0.867 bits per heavy atom. The molecule has 6 rings (SSSR count). The minimum atomic E-state index is -2.00. The molecule has 10 atom stereocenters. The Morgan fingerprint density at radius 1 is 0.483 bits per heavy atom. The van der Waals surface area contributed by atoms with Crippen LogP contribution in [-0.2, 0) is 52.2 Å². The molecule has 2 heterocycles. The van der Waals surface area contributed by atoms with Gasteiger partial charge in [-0.3, -0.25) is 9.59 Å². The van der Waals surface area contributed by atoms with Crippen molar-refractivity contribution >= 4 is 35.8 Å². The third-order valence-corrected chi connectivity index (χ3v) is 9.38. The van der Waals surface area contributed by atoms with Crippen molar-refractivity contribution in [1.82, 2.24) is 0 Å². The molecule has 16 heteroatoms. The van der Waals surface area contributed by atoms with Crippen LogP contribution in [0.4, 0.5) is 0 Å². The van der Waals surface area contributed by atoms with Crippen LogP contribution in [0.2, 0.25) is 0 Å². The highest BCUT2D eigenvalue weighted by Gasteiger charge is 2.57. The molecule has 0 unspecified atom stereocenters. The highest BCUT2D eigenvalue weighted by molar-refractivity contribution is 5.91. The molecule has 2 saturated heterocycles. The van der Waals surface area contributed by atoms with Gasteiger partial charge in [-0.1, -0.05) is 72.8 Å². The van der Waals surface area contributed by atoms with E-state index in [0.29, 0.717) is 0 Å².